The molecule has 0 aliphatic carbocycles. The fraction of sp³-hybridized carbons (Fsp3) is 0.300. The first-order chi connectivity index (χ1) is 8.68. The summed E-state index contributed by atoms with van der Waals surface area (Å²) < 4.78 is 24.0. The summed E-state index contributed by atoms with van der Waals surface area (Å²) in [4.78, 5) is 11.5. The van der Waals surface area contributed by atoms with Crippen LogP contribution >= 0.6 is 46.4 Å². The van der Waals surface area contributed by atoms with Crippen molar-refractivity contribution in [3.63, 3.8) is 0 Å². The van der Waals surface area contributed by atoms with Gasteiger partial charge in [0.1, 0.15) is 6.04 Å². The van der Waals surface area contributed by atoms with E-state index in [0.717, 1.165) is 0 Å². The van der Waals surface area contributed by atoms with Gasteiger partial charge in [0.2, 0.25) is 13.8 Å². The second kappa shape index (κ2) is 6.61. The van der Waals surface area contributed by atoms with Crippen LogP contribution in [0.2, 0.25) is 0 Å². The summed E-state index contributed by atoms with van der Waals surface area (Å²) in [5.41, 5.74) is 0. The second-order valence-corrected chi connectivity index (χ2v) is 7.86. The van der Waals surface area contributed by atoms with Crippen molar-refractivity contribution in [2.75, 3.05) is 5.88 Å². The maximum absolute atomic E-state index is 12.0. The molecule has 4 nitrogen and oxygen atoms in total. The lowest BCUT2D eigenvalue weighted by Crippen LogP contribution is -2.49. The van der Waals surface area contributed by atoms with Crippen molar-refractivity contribution in [1.82, 2.24) is 4.72 Å². The summed E-state index contributed by atoms with van der Waals surface area (Å²) in [5.74, 6) is -1.21. The summed E-state index contributed by atoms with van der Waals surface area (Å²) in [6, 6.07) is 5.85. The van der Waals surface area contributed by atoms with Crippen molar-refractivity contribution in [2.45, 2.75) is 14.7 Å². The fourth-order valence-corrected chi connectivity index (χ4v) is 3.36. The van der Waals surface area contributed by atoms with E-state index in [1.807, 2.05) is 4.72 Å². The standard InChI is InChI=1S/C10H9Cl4NO3S/c11-6-8(16)9(10(12,13)14)15-19(17,18)7-4-2-1-3-5-7/h1-5,9,15H,6H2. The molecule has 0 bridgehead atoms. The minimum Gasteiger partial charge on any atom is -0.296 e. The van der Waals surface area contributed by atoms with Gasteiger partial charge >= 0.3 is 0 Å². The van der Waals surface area contributed by atoms with Gasteiger partial charge in [0, 0.05) is 0 Å². The molecular weight excluding hydrogens is 356 g/mol. The molecule has 1 rings (SSSR count). The van der Waals surface area contributed by atoms with Gasteiger partial charge in [-0.25, -0.2) is 8.42 Å². The molecule has 0 spiro atoms. The average Bonchev–Trinajstić information content (AvgIpc) is 2.35. The number of hydrogen-bond donors (Lipinski definition) is 1. The third-order valence-corrected chi connectivity index (χ3v) is 4.46. The number of carbonyl (C=O) groups excluding carboxylic acids is 1. The predicted octanol–water partition coefficient (Wildman–Crippen LogP) is 2.51. The number of halogens is 4. The van der Waals surface area contributed by atoms with Gasteiger partial charge in [-0.05, 0) is 12.1 Å². The Labute approximate surface area is 131 Å². The Morgan fingerprint density at radius 2 is 1.74 bits per heavy atom. The van der Waals surface area contributed by atoms with E-state index in [1.54, 1.807) is 6.07 Å². The van der Waals surface area contributed by atoms with Crippen LogP contribution in [0.3, 0.4) is 0 Å². The van der Waals surface area contributed by atoms with Crippen molar-refractivity contribution in [1.29, 1.82) is 0 Å². The van der Waals surface area contributed by atoms with Crippen molar-refractivity contribution < 1.29 is 13.2 Å². The summed E-state index contributed by atoms with van der Waals surface area (Å²) in [6.45, 7) is 0. The first-order valence-electron chi connectivity index (χ1n) is 4.91. The number of benzene rings is 1. The van der Waals surface area contributed by atoms with Gasteiger partial charge in [0.15, 0.2) is 5.78 Å². The van der Waals surface area contributed by atoms with Gasteiger partial charge in [-0.3, -0.25) is 4.79 Å². The molecular formula is C10H9Cl4NO3S. The highest BCUT2D eigenvalue weighted by Crippen LogP contribution is 2.32. The Bertz CT molecular complexity index is 542. The van der Waals surface area contributed by atoms with E-state index in [1.165, 1.54) is 24.3 Å². The largest absolute Gasteiger partial charge is 0.296 e. The molecule has 0 aliphatic heterocycles. The molecule has 1 atom stereocenters. The predicted molar refractivity (Wildman–Crippen MR) is 76.6 cm³/mol. The van der Waals surface area contributed by atoms with Gasteiger partial charge in [-0.15, -0.1) is 11.6 Å². The molecule has 0 saturated carbocycles. The fourth-order valence-electron chi connectivity index (χ4n) is 1.22. The molecule has 1 aromatic carbocycles. The molecule has 1 N–H and O–H groups in total. The van der Waals surface area contributed by atoms with Crippen LogP contribution in [-0.2, 0) is 14.8 Å². The topological polar surface area (TPSA) is 63.2 Å². The van der Waals surface area contributed by atoms with Crippen LogP contribution in [0.4, 0.5) is 0 Å². The molecule has 106 valence electrons. The van der Waals surface area contributed by atoms with Crippen molar-refractivity contribution >= 4 is 62.2 Å². The number of carbonyl (C=O) groups is 1. The van der Waals surface area contributed by atoms with Gasteiger partial charge < -0.3 is 0 Å². The number of hydrogen-bond acceptors (Lipinski definition) is 3. The lowest BCUT2D eigenvalue weighted by Gasteiger charge is -2.23. The lowest BCUT2D eigenvalue weighted by molar-refractivity contribution is -0.118. The summed E-state index contributed by atoms with van der Waals surface area (Å²) >= 11 is 22.1. The van der Waals surface area contributed by atoms with Crippen LogP contribution < -0.4 is 4.72 Å². The van der Waals surface area contributed by atoms with E-state index in [-0.39, 0.29) is 4.90 Å². The van der Waals surface area contributed by atoms with E-state index in [4.69, 9.17) is 46.4 Å². The Morgan fingerprint density at radius 3 is 2.16 bits per heavy atom. The summed E-state index contributed by atoms with van der Waals surface area (Å²) in [6.07, 6.45) is 0. The molecule has 0 heterocycles. The molecule has 0 aliphatic rings. The number of rotatable bonds is 5. The molecule has 19 heavy (non-hydrogen) atoms. The quantitative estimate of drug-likeness (QED) is 0.816. The van der Waals surface area contributed by atoms with Crippen LogP contribution in [0.25, 0.3) is 0 Å². The highest BCUT2D eigenvalue weighted by atomic mass is 35.6. The molecule has 0 saturated heterocycles. The second-order valence-electron chi connectivity index (χ2n) is 3.51. The highest BCUT2D eigenvalue weighted by molar-refractivity contribution is 7.89. The smallest absolute Gasteiger partial charge is 0.241 e. The van der Waals surface area contributed by atoms with Crippen LogP contribution in [0, 0.1) is 0 Å². The van der Waals surface area contributed by atoms with E-state index >= 15 is 0 Å². The number of Topliss-reactive ketones (excluding diaryl/α,β-unsaturated/α-hetero) is 1. The van der Waals surface area contributed by atoms with Gasteiger partial charge in [-0.2, -0.15) is 4.72 Å². The van der Waals surface area contributed by atoms with E-state index in [9.17, 15) is 13.2 Å². The lowest BCUT2D eigenvalue weighted by atomic mass is 10.2. The Hall–Kier alpha value is -0.0400. The number of ketones is 1. The zero-order chi connectivity index (χ0) is 14.7. The van der Waals surface area contributed by atoms with Crippen molar-refractivity contribution in [3.8, 4) is 0 Å². The van der Waals surface area contributed by atoms with E-state index in [0.29, 0.717) is 0 Å². The van der Waals surface area contributed by atoms with Crippen LogP contribution in [0.1, 0.15) is 0 Å². The zero-order valence-corrected chi connectivity index (χ0v) is 13.2. The van der Waals surface area contributed by atoms with Gasteiger partial charge in [-0.1, -0.05) is 53.0 Å². The SMILES string of the molecule is O=C(CCl)C(NS(=O)(=O)c1ccccc1)C(Cl)(Cl)Cl. The minimum absolute atomic E-state index is 0.0448. The first-order valence-corrected chi connectivity index (χ1v) is 8.06. The molecule has 1 unspecified atom stereocenters. The normalized spacial score (nSPS) is 14.1. The third-order valence-electron chi connectivity index (χ3n) is 2.11. The highest BCUT2D eigenvalue weighted by Gasteiger charge is 2.40. The van der Waals surface area contributed by atoms with Crippen LogP contribution in [0.5, 0.6) is 0 Å². The summed E-state index contributed by atoms with van der Waals surface area (Å²) in [7, 11) is -3.98. The molecule has 1 aromatic rings. The van der Waals surface area contributed by atoms with Crippen molar-refractivity contribution in [3.05, 3.63) is 30.3 Å². The summed E-state index contributed by atoms with van der Waals surface area (Å²) in [5, 5.41) is 0. The van der Waals surface area contributed by atoms with Gasteiger partial charge in [0.25, 0.3) is 0 Å². The first kappa shape index (κ1) is 17.0. The minimum atomic E-state index is -3.98. The zero-order valence-electron chi connectivity index (χ0n) is 9.32. The Morgan fingerprint density at radius 1 is 1.21 bits per heavy atom. The molecule has 0 aromatic heterocycles. The Balaban J connectivity index is 3.07. The number of nitrogens with one attached hydrogen (secondary N) is 1. The monoisotopic (exact) mass is 363 g/mol. The molecule has 0 radical (unpaired) electrons. The molecule has 9 heteroatoms. The van der Waals surface area contributed by atoms with Crippen LogP contribution in [-0.4, -0.2) is 29.9 Å². The number of sulfonamides is 1. The van der Waals surface area contributed by atoms with Crippen LogP contribution in [0.15, 0.2) is 35.2 Å². The van der Waals surface area contributed by atoms with Gasteiger partial charge in [0.05, 0.1) is 10.8 Å². The maximum atomic E-state index is 12.0. The van der Waals surface area contributed by atoms with Crippen molar-refractivity contribution in [2.24, 2.45) is 0 Å². The van der Waals surface area contributed by atoms with E-state index in [2.05, 4.69) is 0 Å². The molecule has 0 amide bonds. The number of alkyl halides is 4. The molecule has 0 fully saturated rings. The maximum Gasteiger partial charge on any atom is 0.241 e. The average molecular weight is 365 g/mol. The Kier molecular flexibility index (Phi) is 5.92. The third kappa shape index (κ3) is 4.77. The van der Waals surface area contributed by atoms with E-state index < -0.39 is 31.5 Å².